The van der Waals surface area contributed by atoms with Gasteiger partial charge in [-0.05, 0) is 13.8 Å². The van der Waals surface area contributed by atoms with Crippen LogP contribution in [-0.4, -0.2) is 25.4 Å². The standard InChI is InChI=1S/C14H15NO3/c1-3-17-14(16)12-13(18-9-8-15-12)11-6-4-10(2)5-7-11/h4-8H,3,9H2,1-2H3. The molecule has 94 valence electrons. The summed E-state index contributed by atoms with van der Waals surface area (Å²) in [5, 5.41) is 0. The van der Waals surface area contributed by atoms with Gasteiger partial charge in [-0.1, -0.05) is 29.8 Å². The molecule has 0 saturated carbocycles. The third-order valence-corrected chi connectivity index (χ3v) is 2.52. The van der Waals surface area contributed by atoms with Crippen LogP contribution in [0.2, 0.25) is 0 Å². The number of carbonyl (C=O) groups is 1. The van der Waals surface area contributed by atoms with Crippen molar-refractivity contribution < 1.29 is 14.3 Å². The normalized spacial score (nSPS) is 14.3. The molecule has 18 heavy (non-hydrogen) atoms. The summed E-state index contributed by atoms with van der Waals surface area (Å²) in [5.41, 5.74) is 2.21. The van der Waals surface area contributed by atoms with E-state index in [1.54, 1.807) is 13.1 Å². The van der Waals surface area contributed by atoms with Gasteiger partial charge >= 0.3 is 5.97 Å². The molecule has 0 radical (unpaired) electrons. The average molecular weight is 245 g/mol. The first kappa shape index (κ1) is 12.4. The average Bonchev–Trinajstić information content (AvgIpc) is 2.40. The number of hydrogen-bond acceptors (Lipinski definition) is 4. The maximum atomic E-state index is 11.8. The fraction of sp³-hybridized carbons (Fsp3) is 0.286. The van der Waals surface area contributed by atoms with E-state index in [0.717, 1.165) is 11.1 Å². The molecule has 0 bridgehead atoms. The van der Waals surface area contributed by atoms with E-state index in [0.29, 0.717) is 19.0 Å². The van der Waals surface area contributed by atoms with Crippen molar-refractivity contribution in [3.05, 3.63) is 41.1 Å². The minimum Gasteiger partial charge on any atom is -0.485 e. The van der Waals surface area contributed by atoms with E-state index in [4.69, 9.17) is 9.47 Å². The summed E-state index contributed by atoms with van der Waals surface area (Å²) in [6.45, 7) is 4.45. The predicted octanol–water partition coefficient (Wildman–Crippen LogP) is 2.33. The predicted molar refractivity (Wildman–Crippen MR) is 69.2 cm³/mol. The van der Waals surface area contributed by atoms with Crippen LogP contribution in [0.5, 0.6) is 0 Å². The first-order chi connectivity index (χ1) is 8.72. The van der Waals surface area contributed by atoms with E-state index in [1.807, 2.05) is 31.2 Å². The van der Waals surface area contributed by atoms with E-state index in [-0.39, 0.29) is 5.70 Å². The van der Waals surface area contributed by atoms with Crippen molar-refractivity contribution in [2.24, 2.45) is 4.99 Å². The largest absolute Gasteiger partial charge is 0.485 e. The number of hydrogen-bond donors (Lipinski definition) is 0. The van der Waals surface area contributed by atoms with E-state index in [2.05, 4.69) is 4.99 Å². The Balaban J connectivity index is 2.39. The van der Waals surface area contributed by atoms with Crippen LogP contribution in [0.3, 0.4) is 0 Å². The van der Waals surface area contributed by atoms with Crippen LogP contribution in [0.25, 0.3) is 5.76 Å². The number of nitrogens with zero attached hydrogens (tertiary/aromatic N) is 1. The van der Waals surface area contributed by atoms with Crippen molar-refractivity contribution in [3.63, 3.8) is 0 Å². The van der Waals surface area contributed by atoms with Crippen LogP contribution in [-0.2, 0) is 14.3 Å². The first-order valence-electron chi connectivity index (χ1n) is 5.86. The zero-order valence-corrected chi connectivity index (χ0v) is 10.5. The van der Waals surface area contributed by atoms with Gasteiger partial charge in [-0.15, -0.1) is 0 Å². The van der Waals surface area contributed by atoms with E-state index < -0.39 is 5.97 Å². The lowest BCUT2D eigenvalue weighted by Crippen LogP contribution is -2.14. The quantitative estimate of drug-likeness (QED) is 0.768. The maximum absolute atomic E-state index is 11.8. The molecule has 2 rings (SSSR count). The molecule has 1 aromatic rings. The molecular weight excluding hydrogens is 230 g/mol. The second kappa shape index (κ2) is 5.49. The van der Waals surface area contributed by atoms with Crippen LogP contribution >= 0.6 is 0 Å². The molecule has 0 unspecified atom stereocenters. The van der Waals surface area contributed by atoms with Gasteiger partial charge in [-0.2, -0.15) is 0 Å². The van der Waals surface area contributed by atoms with Gasteiger partial charge in [-0.25, -0.2) is 9.79 Å². The molecule has 0 amide bonds. The van der Waals surface area contributed by atoms with Crippen molar-refractivity contribution in [1.29, 1.82) is 0 Å². The summed E-state index contributed by atoms with van der Waals surface area (Å²) >= 11 is 0. The monoisotopic (exact) mass is 245 g/mol. The van der Waals surface area contributed by atoms with Crippen molar-refractivity contribution in [2.75, 3.05) is 13.2 Å². The molecule has 0 saturated heterocycles. The minimum atomic E-state index is -0.455. The molecule has 0 aliphatic carbocycles. The van der Waals surface area contributed by atoms with Gasteiger partial charge in [0, 0.05) is 11.8 Å². The Hall–Kier alpha value is -2.10. The van der Waals surface area contributed by atoms with Gasteiger partial charge in [0.1, 0.15) is 6.61 Å². The molecule has 0 fully saturated rings. The number of benzene rings is 1. The van der Waals surface area contributed by atoms with Crippen LogP contribution in [0, 0.1) is 6.92 Å². The van der Waals surface area contributed by atoms with Crippen LogP contribution < -0.4 is 0 Å². The van der Waals surface area contributed by atoms with Crippen LogP contribution in [0.4, 0.5) is 0 Å². The van der Waals surface area contributed by atoms with Gasteiger partial charge in [0.25, 0.3) is 0 Å². The lowest BCUT2D eigenvalue weighted by molar-refractivity contribution is -0.138. The molecule has 0 N–H and O–H groups in total. The Morgan fingerprint density at radius 3 is 2.78 bits per heavy atom. The zero-order valence-electron chi connectivity index (χ0n) is 10.5. The molecule has 0 aromatic heterocycles. The van der Waals surface area contributed by atoms with E-state index >= 15 is 0 Å². The Bertz CT molecular complexity index is 500. The van der Waals surface area contributed by atoms with Gasteiger partial charge in [0.2, 0.25) is 0 Å². The van der Waals surface area contributed by atoms with Gasteiger partial charge in [0.15, 0.2) is 11.5 Å². The van der Waals surface area contributed by atoms with Crippen LogP contribution in [0.1, 0.15) is 18.1 Å². The highest BCUT2D eigenvalue weighted by molar-refractivity contribution is 5.98. The molecular formula is C14H15NO3. The summed E-state index contributed by atoms with van der Waals surface area (Å²) in [4.78, 5) is 15.9. The number of ether oxygens (including phenoxy) is 2. The number of aryl methyl sites for hydroxylation is 1. The molecule has 4 heteroatoms. The van der Waals surface area contributed by atoms with Crippen LogP contribution in [0.15, 0.2) is 35.0 Å². The Labute approximate surface area is 106 Å². The molecule has 4 nitrogen and oxygen atoms in total. The molecule has 0 spiro atoms. The number of esters is 1. The lowest BCUT2D eigenvalue weighted by Gasteiger charge is -2.15. The summed E-state index contributed by atoms with van der Waals surface area (Å²) < 4.78 is 10.5. The van der Waals surface area contributed by atoms with Crippen molar-refractivity contribution in [3.8, 4) is 0 Å². The number of aliphatic imine (C=N–C) groups is 1. The van der Waals surface area contributed by atoms with Gasteiger partial charge < -0.3 is 9.47 Å². The highest BCUT2D eigenvalue weighted by atomic mass is 16.5. The van der Waals surface area contributed by atoms with Crippen molar-refractivity contribution >= 4 is 17.9 Å². The summed E-state index contributed by atoms with van der Waals surface area (Å²) in [6.07, 6.45) is 1.56. The topological polar surface area (TPSA) is 47.9 Å². The smallest absolute Gasteiger partial charge is 0.360 e. The van der Waals surface area contributed by atoms with Crippen molar-refractivity contribution in [2.45, 2.75) is 13.8 Å². The lowest BCUT2D eigenvalue weighted by atomic mass is 10.1. The second-order valence-corrected chi connectivity index (χ2v) is 3.89. The number of rotatable bonds is 3. The third kappa shape index (κ3) is 2.59. The molecule has 0 atom stereocenters. The Kier molecular flexibility index (Phi) is 3.77. The Morgan fingerprint density at radius 2 is 2.11 bits per heavy atom. The second-order valence-electron chi connectivity index (χ2n) is 3.89. The zero-order chi connectivity index (χ0) is 13.0. The highest BCUT2D eigenvalue weighted by Crippen LogP contribution is 2.24. The first-order valence-corrected chi connectivity index (χ1v) is 5.86. The third-order valence-electron chi connectivity index (χ3n) is 2.52. The minimum absolute atomic E-state index is 0.229. The van der Waals surface area contributed by atoms with Crippen molar-refractivity contribution in [1.82, 2.24) is 0 Å². The van der Waals surface area contributed by atoms with Gasteiger partial charge in [0.05, 0.1) is 6.61 Å². The van der Waals surface area contributed by atoms with E-state index in [9.17, 15) is 4.79 Å². The fourth-order valence-corrected chi connectivity index (χ4v) is 1.65. The highest BCUT2D eigenvalue weighted by Gasteiger charge is 2.21. The SMILES string of the molecule is CCOC(=O)C1=C(c2ccc(C)cc2)OCC=N1. The molecule has 1 aliphatic rings. The van der Waals surface area contributed by atoms with E-state index in [1.165, 1.54) is 0 Å². The molecule has 1 heterocycles. The number of carbonyl (C=O) groups excluding carboxylic acids is 1. The maximum Gasteiger partial charge on any atom is 0.360 e. The fourth-order valence-electron chi connectivity index (χ4n) is 1.65. The summed E-state index contributed by atoms with van der Waals surface area (Å²) in [5.74, 6) is 0.0278. The van der Waals surface area contributed by atoms with Gasteiger partial charge in [-0.3, -0.25) is 0 Å². The molecule has 1 aromatic carbocycles. The summed E-state index contributed by atoms with van der Waals surface area (Å²) in [7, 11) is 0. The summed E-state index contributed by atoms with van der Waals surface area (Å²) in [6, 6.07) is 7.75. The Morgan fingerprint density at radius 1 is 1.39 bits per heavy atom. The molecule has 1 aliphatic heterocycles.